The maximum Gasteiger partial charge on any atom is 0.126 e. The van der Waals surface area contributed by atoms with Crippen LogP contribution in [-0.2, 0) is 6.42 Å². The van der Waals surface area contributed by atoms with Gasteiger partial charge in [0.25, 0.3) is 0 Å². The van der Waals surface area contributed by atoms with Crippen molar-refractivity contribution in [1.82, 2.24) is 5.32 Å². The molecule has 0 radical (unpaired) electrons. The average Bonchev–Trinajstić information content (AvgIpc) is 2.34. The van der Waals surface area contributed by atoms with Crippen molar-refractivity contribution >= 4 is 0 Å². The number of benzene rings is 1. The van der Waals surface area contributed by atoms with Crippen LogP contribution in [0.4, 0.5) is 8.78 Å². The number of rotatable bonds is 8. The highest BCUT2D eigenvalue weighted by Crippen LogP contribution is 2.16. The number of nitrogens with one attached hydrogen (secondary N) is 1. The standard InChI is InChI=1S/C16H25F2N/c1-4-6-19-16(7-12(3)5-2)10-13-8-14(17)11-15(18)9-13/h8-9,11-12,16,19H,4-7,10H2,1-3H3. The Bertz CT molecular complexity index is 359. The van der Waals surface area contributed by atoms with Gasteiger partial charge in [0, 0.05) is 12.1 Å². The van der Waals surface area contributed by atoms with Gasteiger partial charge in [-0.05, 0) is 49.4 Å². The smallest absolute Gasteiger partial charge is 0.126 e. The Labute approximate surface area is 115 Å². The van der Waals surface area contributed by atoms with E-state index < -0.39 is 11.6 Å². The van der Waals surface area contributed by atoms with Gasteiger partial charge in [0.1, 0.15) is 11.6 Å². The zero-order valence-corrected chi connectivity index (χ0v) is 12.2. The quantitative estimate of drug-likeness (QED) is 0.741. The van der Waals surface area contributed by atoms with Crippen molar-refractivity contribution in [3.8, 4) is 0 Å². The molecule has 2 atom stereocenters. The molecule has 0 saturated carbocycles. The highest BCUT2D eigenvalue weighted by molar-refractivity contribution is 5.19. The van der Waals surface area contributed by atoms with Crippen molar-refractivity contribution in [2.24, 2.45) is 5.92 Å². The third kappa shape index (κ3) is 6.15. The van der Waals surface area contributed by atoms with E-state index in [1.165, 1.54) is 12.1 Å². The molecule has 0 spiro atoms. The van der Waals surface area contributed by atoms with E-state index in [2.05, 4.69) is 26.1 Å². The lowest BCUT2D eigenvalue weighted by atomic mass is 9.94. The van der Waals surface area contributed by atoms with Gasteiger partial charge >= 0.3 is 0 Å². The molecule has 0 aliphatic carbocycles. The monoisotopic (exact) mass is 269 g/mol. The molecule has 108 valence electrons. The van der Waals surface area contributed by atoms with Gasteiger partial charge in [-0.1, -0.05) is 27.2 Å². The Kier molecular flexibility index (Phi) is 7.00. The third-order valence-electron chi connectivity index (χ3n) is 3.47. The maximum absolute atomic E-state index is 13.2. The Morgan fingerprint density at radius 2 is 1.74 bits per heavy atom. The first kappa shape index (κ1) is 16.1. The molecule has 0 amide bonds. The zero-order chi connectivity index (χ0) is 14.3. The summed E-state index contributed by atoms with van der Waals surface area (Å²) in [7, 11) is 0. The highest BCUT2D eigenvalue weighted by atomic mass is 19.1. The van der Waals surface area contributed by atoms with Crippen LogP contribution in [0.3, 0.4) is 0 Å². The summed E-state index contributed by atoms with van der Waals surface area (Å²) in [6.45, 7) is 7.45. The first-order valence-electron chi connectivity index (χ1n) is 7.23. The second kappa shape index (κ2) is 8.26. The van der Waals surface area contributed by atoms with Crippen molar-refractivity contribution < 1.29 is 8.78 Å². The van der Waals surface area contributed by atoms with Gasteiger partial charge in [-0.25, -0.2) is 8.78 Å². The Morgan fingerprint density at radius 3 is 2.26 bits per heavy atom. The fraction of sp³-hybridized carbons (Fsp3) is 0.625. The van der Waals surface area contributed by atoms with E-state index in [1.54, 1.807) is 0 Å². The zero-order valence-electron chi connectivity index (χ0n) is 12.2. The number of halogens is 2. The van der Waals surface area contributed by atoms with E-state index in [0.29, 0.717) is 12.3 Å². The molecule has 0 saturated heterocycles. The van der Waals surface area contributed by atoms with E-state index in [4.69, 9.17) is 0 Å². The maximum atomic E-state index is 13.2. The summed E-state index contributed by atoms with van der Waals surface area (Å²) in [5, 5.41) is 3.48. The minimum atomic E-state index is -0.493. The second-order valence-corrected chi connectivity index (χ2v) is 5.38. The van der Waals surface area contributed by atoms with E-state index in [9.17, 15) is 8.78 Å². The summed E-state index contributed by atoms with van der Waals surface area (Å²) in [6.07, 6.45) is 3.91. The predicted molar refractivity (Wildman–Crippen MR) is 76.2 cm³/mol. The summed E-state index contributed by atoms with van der Waals surface area (Å²) in [4.78, 5) is 0. The Balaban J connectivity index is 2.69. The van der Waals surface area contributed by atoms with Gasteiger partial charge in [-0.3, -0.25) is 0 Å². The molecule has 0 heterocycles. The molecule has 0 aliphatic rings. The first-order chi connectivity index (χ1) is 9.05. The van der Waals surface area contributed by atoms with Crippen LogP contribution in [0.5, 0.6) is 0 Å². The van der Waals surface area contributed by atoms with Crippen LogP contribution in [0.1, 0.15) is 45.6 Å². The van der Waals surface area contributed by atoms with Gasteiger partial charge in [-0.2, -0.15) is 0 Å². The molecule has 1 rings (SSSR count). The molecule has 1 aromatic carbocycles. The van der Waals surface area contributed by atoms with E-state index in [-0.39, 0.29) is 6.04 Å². The lowest BCUT2D eigenvalue weighted by molar-refractivity contribution is 0.390. The van der Waals surface area contributed by atoms with E-state index in [0.717, 1.165) is 37.4 Å². The lowest BCUT2D eigenvalue weighted by Crippen LogP contribution is -2.33. The number of hydrogen-bond acceptors (Lipinski definition) is 1. The van der Waals surface area contributed by atoms with Crippen molar-refractivity contribution in [3.63, 3.8) is 0 Å². The minimum Gasteiger partial charge on any atom is -0.314 e. The third-order valence-corrected chi connectivity index (χ3v) is 3.47. The summed E-state index contributed by atoms with van der Waals surface area (Å²) < 4.78 is 26.4. The first-order valence-corrected chi connectivity index (χ1v) is 7.23. The molecule has 1 aromatic rings. The largest absolute Gasteiger partial charge is 0.314 e. The van der Waals surface area contributed by atoms with Crippen LogP contribution in [0.15, 0.2) is 18.2 Å². The Morgan fingerprint density at radius 1 is 1.11 bits per heavy atom. The SMILES string of the molecule is CCCNC(Cc1cc(F)cc(F)c1)CC(C)CC. The van der Waals surface area contributed by atoms with Gasteiger partial charge < -0.3 is 5.32 Å². The van der Waals surface area contributed by atoms with Crippen LogP contribution in [0, 0.1) is 17.6 Å². The molecule has 0 aliphatic heterocycles. The van der Waals surface area contributed by atoms with Gasteiger partial charge in [0.2, 0.25) is 0 Å². The normalized spacial score (nSPS) is 14.4. The fourth-order valence-corrected chi connectivity index (χ4v) is 2.25. The molecule has 1 nitrogen and oxygen atoms in total. The van der Waals surface area contributed by atoms with Crippen molar-refractivity contribution in [3.05, 3.63) is 35.4 Å². The molecule has 2 unspecified atom stereocenters. The lowest BCUT2D eigenvalue weighted by Gasteiger charge is -2.22. The predicted octanol–water partition coefficient (Wildman–Crippen LogP) is 4.31. The van der Waals surface area contributed by atoms with Crippen LogP contribution in [0.2, 0.25) is 0 Å². The van der Waals surface area contributed by atoms with Gasteiger partial charge in [0.05, 0.1) is 0 Å². The second-order valence-electron chi connectivity index (χ2n) is 5.38. The van der Waals surface area contributed by atoms with Crippen molar-refractivity contribution in [2.45, 2.75) is 52.5 Å². The van der Waals surface area contributed by atoms with E-state index >= 15 is 0 Å². The molecule has 3 heteroatoms. The number of hydrogen-bond donors (Lipinski definition) is 1. The van der Waals surface area contributed by atoms with Gasteiger partial charge in [-0.15, -0.1) is 0 Å². The molecular weight excluding hydrogens is 244 g/mol. The van der Waals surface area contributed by atoms with Crippen LogP contribution >= 0.6 is 0 Å². The van der Waals surface area contributed by atoms with Crippen LogP contribution in [-0.4, -0.2) is 12.6 Å². The molecule has 19 heavy (non-hydrogen) atoms. The van der Waals surface area contributed by atoms with Crippen molar-refractivity contribution in [2.75, 3.05) is 6.54 Å². The highest BCUT2D eigenvalue weighted by Gasteiger charge is 2.13. The fourth-order valence-electron chi connectivity index (χ4n) is 2.25. The van der Waals surface area contributed by atoms with Gasteiger partial charge in [0.15, 0.2) is 0 Å². The minimum absolute atomic E-state index is 0.288. The topological polar surface area (TPSA) is 12.0 Å². The van der Waals surface area contributed by atoms with Crippen LogP contribution in [0.25, 0.3) is 0 Å². The molecule has 0 fully saturated rings. The average molecular weight is 269 g/mol. The summed E-state index contributed by atoms with van der Waals surface area (Å²) in [5.74, 6) is -0.367. The van der Waals surface area contributed by atoms with E-state index in [1.807, 2.05) is 0 Å². The molecule has 0 bridgehead atoms. The summed E-state index contributed by atoms with van der Waals surface area (Å²) in [6, 6.07) is 4.07. The van der Waals surface area contributed by atoms with Crippen LogP contribution < -0.4 is 5.32 Å². The molecule has 0 aromatic heterocycles. The molecule has 1 N–H and O–H groups in total. The van der Waals surface area contributed by atoms with Crippen molar-refractivity contribution in [1.29, 1.82) is 0 Å². The molecular formula is C16H25F2N. The summed E-state index contributed by atoms with van der Waals surface area (Å²) >= 11 is 0. The summed E-state index contributed by atoms with van der Waals surface area (Å²) in [5.41, 5.74) is 0.731. The Hall–Kier alpha value is -0.960.